The van der Waals surface area contributed by atoms with Crippen LogP contribution in [0.2, 0.25) is 0 Å². The van der Waals surface area contributed by atoms with Crippen molar-refractivity contribution in [3.63, 3.8) is 0 Å². The largest absolute Gasteiger partial charge is 0.326 e. The number of rotatable bonds is 4. The average molecular weight is 265 g/mol. The van der Waals surface area contributed by atoms with E-state index in [0.29, 0.717) is 5.92 Å². The molecule has 20 heavy (non-hydrogen) atoms. The molecule has 3 rings (SSSR count). The van der Waals surface area contributed by atoms with Gasteiger partial charge in [0.2, 0.25) is 5.91 Å². The molecule has 2 aromatic carbocycles. The zero-order chi connectivity index (χ0) is 13.9. The van der Waals surface area contributed by atoms with E-state index in [1.54, 1.807) is 0 Å². The van der Waals surface area contributed by atoms with Crippen molar-refractivity contribution in [2.24, 2.45) is 11.8 Å². The van der Waals surface area contributed by atoms with Crippen molar-refractivity contribution in [3.8, 4) is 0 Å². The first-order valence-corrected chi connectivity index (χ1v) is 7.17. The summed E-state index contributed by atoms with van der Waals surface area (Å²) in [6.45, 7) is 2.13. The van der Waals surface area contributed by atoms with E-state index in [2.05, 4.69) is 30.4 Å². The Kier molecular flexibility index (Phi) is 3.55. The second-order valence-electron chi connectivity index (χ2n) is 5.63. The molecule has 1 saturated carbocycles. The molecule has 0 spiro atoms. The number of anilines is 1. The molecule has 2 aromatic rings. The normalized spacial score (nSPS) is 20.4. The van der Waals surface area contributed by atoms with E-state index in [9.17, 15) is 4.79 Å². The summed E-state index contributed by atoms with van der Waals surface area (Å²) in [5.74, 6) is 0.911. The fourth-order valence-electron chi connectivity index (χ4n) is 2.53. The highest BCUT2D eigenvalue weighted by molar-refractivity contribution is 5.95. The van der Waals surface area contributed by atoms with E-state index >= 15 is 0 Å². The van der Waals surface area contributed by atoms with Gasteiger partial charge in [0.25, 0.3) is 0 Å². The molecule has 2 atom stereocenters. The van der Waals surface area contributed by atoms with Gasteiger partial charge in [-0.05, 0) is 36.0 Å². The minimum Gasteiger partial charge on any atom is -0.326 e. The Balaban J connectivity index is 1.76. The van der Waals surface area contributed by atoms with Gasteiger partial charge in [-0.25, -0.2) is 0 Å². The van der Waals surface area contributed by atoms with Gasteiger partial charge in [0.15, 0.2) is 0 Å². The molecule has 1 aliphatic carbocycles. The topological polar surface area (TPSA) is 29.1 Å². The van der Waals surface area contributed by atoms with Crippen molar-refractivity contribution in [2.75, 3.05) is 5.32 Å². The molecule has 2 heteroatoms. The van der Waals surface area contributed by atoms with E-state index in [1.165, 1.54) is 11.1 Å². The molecule has 1 fully saturated rings. The fourth-order valence-corrected chi connectivity index (χ4v) is 2.53. The van der Waals surface area contributed by atoms with Crippen LogP contribution in [0.15, 0.2) is 54.6 Å². The molecule has 1 aliphatic rings. The van der Waals surface area contributed by atoms with Crippen LogP contribution in [0.3, 0.4) is 0 Å². The zero-order valence-electron chi connectivity index (χ0n) is 11.7. The van der Waals surface area contributed by atoms with E-state index in [1.807, 2.05) is 36.4 Å². The summed E-state index contributed by atoms with van der Waals surface area (Å²) < 4.78 is 0. The van der Waals surface area contributed by atoms with Gasteiger partial charge < -0.3 is 5.32 Å². The van der Waals surface area contributed by atoms with E-state index in [-0.39, 0.29) is 11.8 Å². The Hall–Kier alpha value is -2.09. The highest BCUT2D eigenvalue weighted by Crippen LogP contribution is 2.38. The van der Waals surface area contributed by atoms with Crippen LogP contribution < -0.4 is 5.32 Å². The molecule has 0 saturated heterocycles. The lowest BCUT2D eigenvalue weighted by Crippen LogP contribution is -2.15. The predicted molar refractivity (Wildman–Crippen MR) is 81.6 cm³/mol. The van der Waals surface area contributed by atoms with E-state index in [4.69, 9.17) is 0 Å². The molecule has 0 heterocycles. The molecular formula is C18H19NO. The maximum atomic E-state index is 12.1. The third-order valence-corrected chi connectivity index (χ3v) is 3.96. The number of amides is 1. The maximum absolute atomic E-state index is 12.1. The molecule has 0 bridgehead atoms. The Labute approximate surface area is 119 Å². The summed E-state index contributed by atoms with van der Waals surface area (Å²) in [7, 11) is 0. The third kappa shape index (κ3) is 2.90. The van der Waals surface area contributed by atoms with E-state index in [0.717, 1.165) is 18.5 Å². The summed E-state index contributed by atoms with van der Waals surface area (Å²) in [5.41, 5.74) is 3.37. The fraction of sp³-hybridized carbons (Fsp3) is 0.278. The number of carbonyl (C=O) groups excluding carboxylic acids is 1. The molecule has 1 N–H and O–H groups in total. The van der Waals surface area contributed by atoms with Crippen LogP contribution in [0.5, 0.6) is 0 Å². The second-order valence-corrected chi connectivity index (χ2v) is 5.63. The molecule has 0 unspecified atom stereocenters. The van der Waals surface area contributed by atoms with Crippen LogP contribution in [0.4, 0.5) is 5.69 Å². The van der Waals surface area contributed by atoms with Crippen molar-refractivity contribution < 1.29 is 4.79 Å². The summed E-state index contributed by atoms with van der Waals surface area (Å²) >= 11 is 0. The summed E-state index contributed by atoms with van der Waals surface area (Å²) in [6.07, 6.45) is 1.87. The van der Waals surface area contributed by atoms with Crippen LogP contribution in [0.1, 0.15) is 24.5 Å². The van der Waals surface area contributed by atoms with Crippen LogP contribution in [-0.4, -0.2) is 5.91 Å². The Morgan fingerprint density at radius 2 is 1.75 bits per heavy atom. The summed E-state index contributed by atoms with van der Waals surface area (Å²) in [6, 6.07) is 18.4. The number of para-hydroxylation sites is 1. The van der Waals surface area contributed by atoms with Gasteiger partial charge in [-0.15, -0.1) is 0 Å². The monoisotopic (exact) mass is 265 g/mol. The number of benzene rings is 2. The smallest absolute Gasteiger partial charge is 0.227 e. The first-order valence-electron chi connectivity index (χ1n) is 7.17. The molecular weight excluding hydrogens is 246 g/mol. The molecule has 0 aromatic heterocycles. The molecule has 0 aliphatic heterocycles. The van der Waals surface area contributed by atoms with Gasteiger partial charge in [0.05, 0.1) is 0 Å². The minimum absolute atomic E-state index is 0.165. The van der Waals surface area contributed by atoms with Gasteiger partial charge in [-0.3, -0.25) is 4.79 Å². The van der Waals surface area contributed by atoms with E-state index < -0.39 is 0 Å². The molecule has 102 valence electrons. The lowest BCUT2D eigenvalue weighted by molar-refractivity contribution is -0.117. The SMILES string of the molecule is C[C@H]1C[C@@H]1C(=O)Nc1ccccc1Cc1ccccc1. The van der Waals surface area contributed by atoms with Crippen molar-refractivity contribution in [2.45, 2.75) is 19.8 Å². The van der Waals surface area contributed by atoms with Crippen molar-refractivity contribution in [1.82, 2.24) is 0 Å². The van der Waals surface area contributed by atoms with Gasteiger partial charge >= 0.3 is 0 Å². The molecule has 1 amide bonds. The summed E-state index contributed by atoms with van der Waals surface area (Å²) in [4.78, 5) is 12.1. The number of hydrogen-bond donors (Lipinski definition) is 1. The highest BCUT2D eigenvalue weighted by atomic mass is 16.2. The lowest BCUT2D eigenvalue weighted by Gasteiger charge is -2.11. The lowest BCUT2D eigenvalue weighted by atomic mass is 10.0. The van der Waals surface area contributed by atoms with Gasteiger partial charge in [0.1, 0.15) is 0 Å². The van der Waals surface area contributed by atoms with Crippen LogP contribution in [-0.2, 0) is 11.2 Å². The zero-order valence-corrected chi connectivity index (χ0v) is 11.7. The second kappa shape index (κ2) is 5.49. The van der Waals surface area contributed by atoms with Crippen LogP contribution >= 0.6 is 0 Å². The average Bonchev–Trinajstić information content (AvgIpc) is 3.19. The van der Waals surface area contributed by atoms with Gasteiger partial charge in [-0.1, -0.05) is 55.5 Å². The molecule has 2 nitrogen and oxygen atoms in total. The van der Waals surface area contributed by atoms with Crippen LogP contribution in [0, 0.1) is 11.8 Å². The standard InChI is InChI=1S/C18H19NO/c1-13-11-16(13)18(20)19-17-10-6-5-9-15(17)12-14-7-3-2-4-8-14/h2-10,13,16H,11-12H2,1H3,(H,19,20)/t13-,16-/m0/s1. The number of nitrogens with one attached hydrogen (secondary N) is 1. The first-order chi connectivity index (χ1) is 9.74. The van der Waals surface area contributed by atoms with Gasteiger partial charge in [-0.2, -0.15) is 0 Å². The minimum atomic E-state index is 0.165. The Bertz CT molecular complexity index is 606. The van der Waals surface area contributed by atoms with Crippen LogP contribution in [0.25, 0.3) is 0 Å². The van der Waals surface area contributed by atoms with Crippen molar-refractivity contribution in [1.29, 1.82) is 0 Å². The Morgan fingerprint density at radius 1 is 1.10 bits per heavy atom. The summed E-state index contributed by atoms with van der Waals surface area (Å²) in [5, 5.41) is 3.08. The van der Waals surface area contributed by atoms with Crippen molar-refractivity contribution in [3.05, 3.63) is 65.7 Å². The first kappa shape index (κ1) is 12.9. The predicted octanol–water partition coefficient (Wildman–Crippen LogP) is 3.87. The van der Waals surface area contributed by atoms with Gasteiger partial charge in [0, 0.05) is 11.6 Å². The third-order valence-electron chi connectivity index (χ3n) is 3.96. The Morgan fingerprint density at radius 3 is 2.45 bits per heavy atom. The highest BCUT2D eigenvalue weighted by Gasteiger charge is 2.39. The quantitative estimate of drug-likeness (QED) is 0.893. The number of carbonyl (C=O) groups is 1. The van der Waals surface area contributed by atoms with Crippen molar-refractivity contribution >= 4 is 11.6 Å². The number of hydrogen-bond acceptors (Lipinski definition) is 1. The maximum Gasteiger partial charge on any atom is 0.227 e. The molecule has 0 radical (unpaired) electrons.